The SMILES string of the molecule is CC(C)CC1CCCN(Cc2ccn[nH]2)C1. The average Bonchev–Trinajstić information content (AvgIpc) is 2.70. The highest BCUT2D eigenvalue weighted by Crippen LogP contribution is 2.23. The van der Waals surface area contributed by atoms with Crippen molar-refractivity contribution in [1.82, 2.24) is 15.1 Å². The molecule has 0 amide bonds. The van der Waals surface area contributed by atoms with Crippen molar-refractivity contribution < 1.29 is 0 Å². The Bertz CT molecular complexity index is 292. The fourth-order valence-electron chi connectivity index (χ4n) is 2.77. The van der Waals surface area contributed by atoms with Crippen LogP contribution in [-0.2, 0) is 6.54 Å². The van der Waals surface area contributed by atoms with E-state index in [1.807, 2.05) is 6.20 Å². The second-order valence-electron chi connectivity index (χ2n) is 5.45. The molecule has 16 heavy (non-hydrogen) atoms. The number of hydrogen-bond donors (Lipinski definition) is 1. The molecule has 90 valence electrons. The Morgan fingerprint density at radius 1 is 1.56 bits per heavy atom. The van der Waals surface area contributed by atoms with Gasteiger partial charge in [-0.3, -0.25) is 10.00 Å². The van der Waals surface area contributed by atoms with E-state index in [0.717, 1.165) is 18.4 Å². The zero-order chi connectivity index (χ0) is 11.4. The molecule has 1 aliphatic rings. The first-order valence-electron chi connectivity index (χ1n) is 6.44. The van der Waals surface area contributed by atoms with Crippen LogP contribution in [-0.4, -0.2) is 28.2 Å². The van der Waals surface area contributed by atoms with Gasteiger partial charge in [-0.1, -0.05) is 13.8 Å². The molecule has 1 N–H and O–H groups in total. The molecule has 1 saturated heterocycles. The molecule has 0 saturated carbocycles. The fraction of sp³-hybridized carbons (Fsp3) is 0.769. The largest absolute Gasteiger partial charge is 0.297 e. The molecule has 2 heterocycles. The molecule has 0 aliphatic carbocycles. The van der Waals surface area contributed by atoms with Gasteiger partial charge in [0.2, 0.25) is 0 Å². The van der Waals surface area contributed by atoms with Gasteiger partial charge in [-0.25, -0.2) is 0 Å². The van der Waals surface area contributed by atoms with Gasteiger partial charge < -0.3 is 0 Å². The van der Waals surface area contributed by atoms with Gasteiger partial charge in [-0.2, -0.15) is 5.10 Å². The van der Waals surface area contributed by atoms with Crippen LogP contribution in [0.5, 0.6) is 0 Å². The van der Waals surface area contributed by atoms with Crippen molar-refractivity contribution in [3.05, 3.63) is 18.0 Å². The summed E-state index contributed by atoms with van der Waals surface area (Å²) >= 11 is 0. The van der Waals surface area contributed by atoms with Crippen LogP contribution in [0.3, 0.4) is 0 Å². The van der Waals surface area contributed by atoms with Crippen molar-refractivity contribution in [1.29, 1.82) is 0 Å². The molecule has 1 aromatic rings. The first kappa shape index (κ1) is 11.6. The minimum absolute atomic E-state index is 0.831. The summed E-state index contributed by atoms with van der Waals surface area (Å²) in [4.78, 5) is 2.56. The van der Waals surface area contributed by atoms with Crippen molar-refractivity contribution in [3.63, 3.8) is 0 Å². The maximum absolute atomic E-state index is 4.00. The van der Waals surface area contributed by atoms with Crippen LogP contribution in [0.4, 0.5) is 0 Å². The fourth-order valence-corrected chi connectivity index (χ4v) is 2.77. The summed E-state index contributed by atoms with van der Waals surface area (Å²) in [6.07, 6.45) is 5.98. The van der Waals surface area contributed by atoms with E-state index in [1.54, 1.807) is 0 Å². The van der Waals surface area contributed by atoms with Gasteiger partial charge in [0.15, 0.2) is 0 Å². The molecule has 1 fully saturated rings. The van der Waals surface area contributed by atoms with E-state index in [-0.39, 0.29) is 0 Å². The van der Waals surface area contributed by atoms with E-state index >= 15 is 0 Å². The minimum atomic E-state index is 0.831. The van der Waals surface area contributed by atoms with Crippen LogP contribution in [0.15, 0.2) is 12.3 Å². The van der Waals surface area contributed by atoms with Gasteiger partial charge >= 0.3 is 0 Å². The number of rotatable bonds is 4. The highest BCUT2D eigenvalue weighted by atomic mass is 15.2. The summed E-state index contributed by atoms with van der Waals surface area (Å²) in [5.41, 5.74) is 1.24. The van der Waals surface area contributed by atoms with Crippen molar-refractivity contribution in [2.45, 2.75) is 39.7 Å². The first-order valence-corrected chi connectivity index (χ1v) is 6.44. The standard InChI is InChI=1S/C13H23N3/c1-11(2)8-12-4-3-7-16(9-12)10-13-5-6-14-15-13/h5-6,11-12H,3-4,7-10H2,1-2H3,(H,14,15). The monoisotopic (exact) mass is 221 g/mol. The van der Waals surface area contributed by atoms with E-state index in [9.17, 15) is 0 Å². The van der Waals surface area contributed by atoms with Crippen LogP contribution in [0.1, 0.15) is 38.8 Å². The van der Waals surface area contributed by atoms with Crippen molar-refractivity contribution in [3.8, 4) is 0 Å². The Morgan fingerprint density at radius 2 is 2.44 bits per heavy atom. The quantitative estimate of drug-likeness (QED) is 0.847. The summed E-state index contributed by atoms with van der Waals surface area (Å²) in [5, 5.41) is 7.05. The first-order chi connectivity index (χ1) is 7.74. The molecule has 2 rings (SSSR count). The lowest BCUT2D eigenvalue weighted by Crippen LogP contribution is -2.35. The van der Waals surface area contributed by atoms with Crippen molar-refractivity contribution in [2.24, 2.45) is 11.8 Å². The molecule has 1 aromatic heterocycles. The molecule has 0 spiro atoms. The van der Waals surface area contributed by atoms with Gasteiger partial charge in [0.1, 0.15) is 0 Å². The predicted octanol–water partition coefficient (Wildman–Crippen LogP) is 2.67. The molecule has 1 atom stereocenters. The average molecular weight is 221 g/mol. The van der Waals surface area contributed by atoms with Gasteiger partial charge in [0, 0.05) is 25.0 Å². The lowest BCUT2D eigenvalue weighted by molar-refractivity contribution is 0.151. The van der Waals surface area contributed by atoms with Gasteiger partial charge in [0.05, 0.1) is 0 Å². The minimum Gasteiger partial charge on any atom is -0.297 e. The molecule has 0 radical (unpaired) electrons. The summed E-state index contributed by atoms with van der Waals surface area (Å²) in [6.45, 7) is 8.20. The number of nitrogens with zero attached hydrogens (tertiary/aromatic N) is 2. The van der Waals surface area contributed by atoms with Gasteiger partial charge in [-0.05, 0) is 43.7 Å². The maximum Gasteiger partial charge on any atom is 0.0492 e. The Labute approximate surface area is 98.2 Å². The highest BCUT2D eigenvalue weighted by molar-refractivity contribution is 4.97. The predicted molar refractivity (Wildman–Crippen MR) is 66.0 cm³/mol. The Morgan fingerprint density at radius 3 is 3.12 bits per heavy atom. The summed E-state index contributed by atoms with van der Waals surface area (Å²) in [5.74, 6) is 1.73. The van der Waals surface area contributed by atoms with Crippen molar-refractivity contribution in [2.75, 3.05) is 13.1 Å². The maximum atomic E-state index is 4.00. The number of aromatic nitrogens is 2. The smallest absolute Gasteiger partial charge is 0.0492 e. The molecular formula is C13H23N3. The number of H-pyrrole nitrogens is 1. The molecule has 0 bridgehead atoms. The molecule has 3 nitrogen and oxygen atoms in total. The summed E-state index contributed by atoms with van der Waals surface area (Å²) < 4.78 is 0. The van der Waals surface area contributed by atoms with Crippen LogP contribution in [0, 0.1) is 11.8 Å². The lowest BCUT2D eigenvalue weighted by atomic mass is 9.90. The van der Waals surface area contributed by atoms with Crippen LogP contribution < -0.4 is 0 Å². The van der Waals surface area contributed by atoms with E-state index in [0.29, 0.717) is 0 Å². The van der Waals surface area contributed by atoms with E-state index in [1.165, 1.54) is 38.0 Å². The van der Waals surface area contributed by atoms with Crippen molar-refractivity contribution >= 4 is 0 Å². The lowest BCUT2D eigenvalue weighted by Gasteiger charge is -2.33. The Hall–Kier alpha value is -0.830. The van der Waals surface area contributed by atoms with E-state index in [2.05, 4.69) is 35.0 Å². The summed E-state index contributed by atoms with van der Waals surface area (Å²) in [7, 11) is 0. The topological polar surface area (TPSA) is 31.9 Å². The normalized spacial score (nSPS) is 22.8. The molecule has 1 aliphatic heterocycles. The van der Waals surface area contributed by atoms with E-state index in [4.69, 9.17) is 0 Å². The third-order valence-corrected chi connectivity index (χ3v) is 3.36. The molecule has 1 unspecified atom stereocenters. The highest BCUT2D eigenvalue weighted by Gasteiger charge is 2.20. The molecule has 0 aromatic carbocycles. The zero-order valence-electron chi connectivity index (χ0n) is 10.4. The van der Waals surface area contributed by atoms with Crippen LogP contribution in [0.25, 0.3) is 0 Å². The molecular weight excluding hydrogens is 198 g/mol. The van der Waals surface area contributed by atoms with Gasteiger partial charge in [0.25, 0.3) is 0 Å². The molecule has 3 heteroatoms. The van der Waals surface area contributed by atoms with Crippen LogP contribution in [0.2, 0.25) is 0 Å². The number of likely N-dealkylation sites (tertiary alicyclic amines) is 1. The number of piperidine rings is 1. The van der Waals surface area contributed by atoms with Crippen LogP contribution >= 0.6 is 0 Å². The number of nitrogens with one attached hydrogen (secondary N) is 1. The number of aromatic amines is 1. The second-order valence-corrected chi connectivity index (χ2v) is 5.45. The second kappa shape index (κ2) is 5.48. The zero-order valence-corrected chi connectivity index (χ0v) is 10.4. The summed E-state index contributed by atoms with van der Waals surface area (Å²) in [6, 6.07) is 2.08. The third-order valence-electron chi connectivity index (χ3n) is 3.36. The number of hydrogen-bond acceptors (Lipinski definition) is 2. The Balaban J connectivity index is 1.82. The Kier molecular flexibility index (Phi) is 3.99. The van der Waals surface area contributed by atoms with Gasteiger partial charge in [-0.15, -0.1) is 0 Å². The van der Waals surface area contributed by atoms with E-state index < -0.39 is 0 Å². The third kappa shape index (κ3) is 3.34.